The third kappa shape index (κ3) is 3.47. The van der Waals surface area contributed by atoms with E-state index in [1.54, 1.807) is 4.90 Å². The number of anilines is 1. The minimum atomic E-state index is -0.424. The maximum absolute atomic E-state index is 12.4. The molecule has 1 aromatic rings. The lowest BCUT2D eigenvalue weighted by molar-refractivity contribution is -0.126. The number of piperidine rings is 1. The zero-order chi connectivity index (χ0) is 14.5. The van der Waals surface area contributed by atoms with Crippen LogP contribution in [-0.2, 0) is 9.59 Å². The van der Waals surface area contributed by atoms with Crippen LogP contribution < -0.4 is 10.2 Å². The van der Waals surface area contributed by atoms with Crippen molar-refractivity contribution in [3.63, 3.8) is 0 Å². The van der Waals surface area contributed by atoms with Crippen molar-refractivity contribution in [2.24, 2.45) is 0 Å². The fourth-order valence-electron chi connectivity index (χ4n) is 2.35. The van der Waals surface area contributed by atoms with Gasteiger partial charge in [-0.05, 0) is 38.8 Å². The quantitative estimate of drug-likeness (QED) is 0.858. The minimum Gasteiger partial charge on any atom is -0.341 e. The van der Waals surface area contributed by atoms with Crippen LogP contribution in [-0.4, -0.2) is 24.4 Å². The van der Waals surface area contributed by atoms with Crippen LogP contribution in [0.4, 0.5) is 5.69 Å². The Morgan fingerprint density at radius 3 is 2.65 bits per heavy atom. The van der Waals surface area contributed by atoms with Crippen molar-refractivity contribution in [1.29, 1.82) is 0 Å². The average Bonchev–Trinajstić information content (AvgIpc) is 2.41. The molecule has 1 atom stereocenters. The van der Waals surface area contributed by atoms with Crippen molar-refractivity contribution in [3.8, 4) is 0 Å². The number of nitrogens with one attached hydrogen (secondary N) is 1. The average molecular weight is 272 g/mol. The molecule has 4 heteroatoms. The molecule has 4 nitrogen and oxygen atoms in total. The van der Waals surface area contributed by atoms with Gasteiger partial charge in [0, 0.05) is 18.3 Å². The van der Waals surface area contributed by atoms with E-state index in [1.807, 2.05) is 44.2 Å². The molecular weight excluding hydrogens is 252 g/mol. The van der Waals surface area contributed by atoms with E-state index in [-0.39, 0.29) is 11.8 Å². The zero-order valence-electron chi connectivity index (χ0n) is 11.9. The third-order valence-corrected chi connectivity index (χ3v) is 3.24. The van der Waals surface area contributed by atoms with Crippen molar-refractivity contribution < 1.29 is 9.59 Å². The Kier molecular flexibility index (Phi) is 4.56. The Labute approximate surface area is 119 Å². The number of hydrogen-bond donors (Lipinski definition) is 1. The maximum Gasteiger partial charge on any atom is 0.249 e. The first kappa shape index (κ1) is 14.3. The Balaban J connectivity index is 2.08. The summed E-state index contributed by atoms with van der Waals surface area (Å²) in [6.45, 7) is 4.43. The molecule has 1 fully saturated rings. The molecule has 1 aromatic carbocycles. The summed E-state index contributed by atoms with van der Waals surface area (Å²) in [7, 11) is 0. The fourth-order valence-corrected chi connectivity index (χ4v) is 2.35. The predicted octanol–water partition coefficient (Wildman–Crippen LogP) is 2.26. The van der Waals surface area contributed by atoms with Gasteiger partial charge >= 0.3 is 0 Å². The highest BCUT2D eigenvalue weighted by Crippen LogP contribution is 2.20. The van der Waals surface area contributed by atoms with Crippen molar-refractivity contribution in [2.45, 2.75) is 32.7 Å². The summed E-state index contributed by atoms with van der Waals surface area (Å²) >= 11 is 0. The Morgan fingerprint density at radius 2 is 2.00 bits per heavy atom. The van der Waals surface area contributed by atoms with Gasteiger partial charge in [-0.1, -0.05) is 23.8 Å². The lowest BCUT2D eigenvalue weighted by Crippen LogP contribution is -2.52. The Bertz CT molecular complexity index is 519. The van der Waals surface area contributed by atoms with Crippen LogP contribution in [0.5, 0.6) is 0 Å². The van der Waals surface area contributed by atoms with Crippen LogP contribution >= 0.6 is 0 Å². The van der Waals surface area contributed by atoms with Gasteiger partial charge < -0.3 is 10.2 Å². The number of carbonyl (C=O) groups is 2. The largest absolute Gasteiger partial charge is 0.341 e. The molecule has 0 aromatic heterocycles. The molecule has 0 spiro atoms. The van der Waals surface area contributed by atoms with Crippen LogP contribution in [0, 0.1) is 0 Å². The first-order valence-electron chi connectivity index (χ1n) is 6.90. The number of para-hydroxylation sites is 1. The standard InChI is InChI=1S/C16H20N2O2/c1-12(2)11-15(19)17-14-9-6-10-18(16(14)20)13-7-4-3-5-8-13/h3-5,7-8,11,14H,6,9-10H2,1-2H3,(H,17,19)/t14-/m1/s1. The molecule has 2 rings (SSSR count). The van der Waals surface area contributed by atoms with Gasteiger partial charge in [-0.3, -0.25) is 9.59 Å². The van der Waals surface area contributed by atoms with Crippen LogP contribution in [0.2, 0.25) is 0 Å². The lowest BCUT2D eigenvalue weighted by atomic mass is 10.0. The smallest absolute Gasteiger partial charge is 0.249 e. The van der Waals surface area contributed by atoms with E-state index in [4.69, 9.17) is 0 Å². The molecule has 1 saturated heterocycles. The van der Waals surface area contributed by atoms with E-state index in [9.17, 15) is 9.59 Å². The molecule has 20 heavy (non-hydrogen) atoms. The fraction of sp³-hybridized carbons (Fsp3) is 0.375. The normalized spacial score (nSPS) is 18.6. The minimum absolute atomic E-state index is 0.0297. The summed E-state index contributed by atoms with van der Waals surface area (Å²) in [5.74, 6) is -0.226. The molecule has 0 radical (unpaired) electrons. The third-order valence-electron chi connectivity index (χ3n) is 3.24. The summed E-state index contributed by atoms with van der Waals surface area (Å²) in [6.07, 6.45) is 3.11. The molecule has 0 aliphatic carbocycles. The summed E-state index contributed by atoms with van der Waals surface area (Å²) in [6, 6.07) is 9.15. The number of amides is 2. The highest BCUT2D eigenvalue weighted by molar-refractivity contribution is 6.01. The number of allylic oxidation sites excluding steroid dienone is 1. The molecule has 106 valence electrons. The lowest BCUT2D eigenvalue weighted by Gasteiger charge is -2.32. The molecule has 1 N–H and O–H groups in total. The number of carbonyl (C=O) groups excluding carboxylic acids is 2. The van der Waals surface area contributed by atoms with E-state index >= 15 is 0 Å². The number of rotatable bonds is 3. The molecular formula is C16H20N2O2. The van der Waals surface area contributed by atoms with Crippen molar-refractivity contribution in [2.75, 3.05) is 11.4 Å². The van der Waals surface area contributed by atoms with Crippen LogP contribution in [0.15, 0.2) is 42.0 Å². The number of hydrogen-bond acceptors (Lipinski definition) is 2. The van der Waals surface area contributed by atoms with E-state index in [2.05, 4.69) is 5.32 Å². The van der Waals surface area contributed by atoms with Crippen LogP contribution in [0.25, 0.3) is 0 Å². The summed E-state index contributed by atoms with van der Waals surface area (Å²) in [5, 5.41) is 2.79. The molecule has 0 unspecified atom stereocenters. The van der Waals surface area contributed by atoms with E-state index in [0.717, 1.165) is 17.7 Å². The SMILES string of the molecule is CC(C)=CC(=O)N[C@@H]1CCCN(c2ccccc2)C1=O. The van der Waals surface area contributed by atoms with Crippen molar-refractivity contribution in [1.82, 2.24) is 5.32 Å². The Hall–Kier alpha value is -2.10. The van der Waals surface area contributed by atoms with Gasteiger partial charge in [-0.2, -0.15) is 0 Å². The highest BCUT2D eigenvalue weighted by atomic mass is 16.2. The molecule has 1 aliphatic rings. The van der Waals surface area contributed by atoms with E-state index in [0.29, 0.717) is 13.0 Å². The Morgan fingerprint density at radius 1 is 1.30 bits per heavy atom. The molecule has 1 heterocycles. The van der Waals surface area contributed by atoms with Crippen LogP contribution in [0.3, 0.4) is 0 Å². The molecule has 0 saturated carbocycles. The molecule has 2 amide bonds. The number of nitrogens with zero attached hydrogens (tertiary/aromatic N) is 1. The maximum atomic E-state index is 12.4. The molecule has 1 aliphatic heterocycles. The second-order valence-corrected chi connectivity index (χ2v) is 5.25. The monoisotopic (exact) mass is 272 g/mol. The number of benzene rings is 1. The van der Waals surface area contributed by atoms with Gasteiger partial charge in [-0.15, -0.1) is 0 Å². The first-order valence-corrected chi connectivity index (χ1v) is 6.90. The predicted molar refractivity (Wildman–Crippen MR) is 79.4 cm³/mol. The van der Waals surface area contributed by atoms with Gasteiger partial charge in [-0.25, -0.2) is 0 Å². The second-order valence-electron chi connectivity index (χ2n) is 5.25. The first-order chi connectivity index (χ1) is 9.58. The van der Waals surface area contributed by atoms with Gasteiger partial charge in [0.25, 0.3) is 0 Å². The second kappa shape index (κ2) is 6.37. The topological polar surface area (TPSA) is 49.4 Å². The van der Waals surface area contributed by atoms with Gasteiger partial charge in [0.15, 0.2) is 0 Å². The zero-order valence-corrected chi connectivity index (χ0v) is 11.9. The van der Waals surface area contributed by atoms with E-state index in [1.165, 1.54) is 6.08 Å². The van der Waals surface area contributed by atoms with Crippen LogP contribution in [0.1, 0.15) is 26.7 Å². The van der Waals surface area contributed by atoms with Gasteiger partial charge in [0.2, 0.25) is 11.8 Å². The highest BCUT2D eigenvalue weighted by Gasteiger charge is 2.30. The van der Waals surface area contributed by atoms with Gasteiger partial charge in [0.05, 0.1) is 0 Å². The summed E-state index contributed by atoms with van der Waals surface area (Å²) < 4.78 is 0. The summed E-state index contributed by atoms with van der Waals surface area (Å²) in [5.41, 5.74) is 1.81. The summed E-state index contributed by atoms with van der Waals surface area (Å²) in [4.78, 5) is 25.9. The van der Waals surface area contributed by atoms with Crippen molar-refractivity contribution in [3.05, 3.63) is 42.0 Å². The van der Waals surface area contributed by atoms with Gasteiger partial charge in [0.1, 0.15) is 6.04 Å². The van der Waals surface area contributed by atoms with E-state index < -0.39 is 6.04 Å². The molecule has 0 bridgehead atoms. The van der Waals surface area contributed by atoms with Crippen molar-refractivity contribution >= 4 is 17.5 Å².